The summed E-state index contributed by atoms with van der Waals surface area (Å²) in [6, 6.07) is 11.7. The van der Waals surface area contributed by atoms with E-state index in [2.05, 4.69) is 15.9 Å². The van der Waals surface area contributed by atoms with Crippen LogP contribution in [0, 0.1) is 22.7 Å². The summed E-state index contributed by atoms with van der Waals surface area (Å²) in [4.78, 5) is 3.24. The van der Waals surface area contributed by atoms with Crippen LogP contribution in [-0.2, 0) is 0 Å². The van der Waals surface area contributed by atoms with Crippen LogP contribution in [0.2, 0.25) is 0 Å². The zero-order valence-corrected chi connectivity index (χ0v) is 11.7. The van der Waals surface area contributed by atoms with Crippen LogP contribution in [0.4, 0.5) is 0 Å². The quantitative estimate of drug-likeness (QED) is 0.755. The molecule has 2 aromatic rings. The van der Waals surface area contributed by atoms with Crippen molar-refractivity contribution in [3.63, 3.8) is 0 Å². The first-order chi connectivity index (χ1) is 8.22. The second kappa shape index (κ2) is 5.29. The molecule has 5 heteroatoms. The standard InChI is InChI=1S/C12H5BrN2S2/c13-12-4-3-11(17-12)10-2-1-9(16-10)5-8(6-14)7-15/h1-5H. The Morgan fingerprint density at radius 1 is 1.06 bits per heavy atom. The highest BCUT2D eigenvalue weighted by Gasteiger charge is 2.05. The highest BCUT2D eigenvalue weighted by Crippen LogP contribution is 2.36. The van der Waals surface area contributed by atoms with Gasteiger partial charge in [-0.25, -0.2) is 0 Å². The van der Waals surface area contributed by atoms with Crippen LogP contribution in [0.1, 0.15) is 4.88 Å². The first-order valence-electron chi connectivity index (χ1n) is 4.60. The topological polar surface area (TPSA) is 47.6 Å². The molecule has 82 valence electrons. The Labute approximate surface area is 115 Å². The fraction of sp³-hybridized carbons (Fsp3) is 0. The first kappa shape index (κ1) is 12.1. The van der Waals surface area contributed by atoms with E-state index in [4.69, 9.17) is 10.5 Å². The SMILES string of the molecule is N#CC(C#N)=Cc1ccc(-c2ccc(Br)s2)s1. The van der Waals surface area contributed by atoms with Gasteiger partial charge in [-0.15, -0.1) is 22.7 Å². The summed E-state index contributed by atoms with van der Waals surface area (Å²) < 4.78 is 1.09. The summed E-state index contributed by atoms with van der Waals surface area (Å²) >= 11 is 6.65. The Morgan fingerprint density at radius 2 is 1.71 bits per heavy atom. The van der Waals surface area contributed by atoms with E-state index in [1.54, 1.807) is 28.7 Å². The second-order valence-corrected chi connectivity index (χ2v) is 6.67. The van der Waals surface area contributed by atoms with Gasteiger partial charge in [-0.3, -0.25) is 0 Å². The number of halogens is 1. The Balaban J connectivity index is 2.32. The van der Waals surface area contributed by atoms with Gasteiger partial charge in [0, 0.05) is 14.6 Å². The Morgan fingerprint density at radius 3 is 2.29 bits per heavy atom. The number of rotatable bonds is 2. The van der Waals surface area contributed by atoms with Gasteiger partial charge >= 0.3 is 0 Å². The van der Waals surface area contributed by atoms with Crippen molar-refractivity contribution in [2.45, 2.75) is 0 Å². The molecule has 0 aliphatic carbocycles. The first-order valence-corrected chi connectivity index (χ1v) is 7.03. The molecule has 0 amide bonds. The summed E-state index contributed by atoms with van der Waals surface area (Å²) in [6.07, 6.45) is 1.61. The molecule has 0 saturated carbocycles. The van der Waals surface area contributed by atoms with Gasteiger partial charge in [0.25, 0.3) is 0 Å². The maximum absolute atomic E-state index is 8.67. The lowest BCUT2D eigenvalue weighted by molar-refractivity contribution is 1.47. The molecule has 0 spiro atoms. The van der Waals surface area contributed by atoms with Crippen LogP contribution in [0.25, 0.3) is 15.8 Å². The molecule has 0 fully saturated rings. The molecule has 2 rings (SSSR count). The minimum absolute atomic E-state index is 0.130. The highest BCUT2D eigenvalue weighted by molar-refractivity contribution is 9.11. The Bertz CT molecular complexity index is 637. The molecule has 0 radical (unpaired) electrons. The largest absolute Gasteiger partial charge is 0.192 e. The molecule has 0 N–H and O–H groups in total. The monoisotopic (exact) mass is 320 g/mol. The molecule has 0 saturated heterocycles. The van der Waals surface area contributed by atoms with E-state index in [0.717, 1.165) is 13.5 Å². The minimum Gasteiger partial charge on any atom is -0.192 e. The predicted molar refractivity (Wildman–Crippen MR) is 74.5 cm³/mol. The summed E-state index contributed by atoms with van der Waals surface area (Å²) in [5.74, 6) is 0. The number of nitrogens with zero attached hydrogens (tertiary/aromatic N) is 2. The number of allylic oxidation sites excluding steroid dienone is 1. The molecule has 17 heavy (non-hydrogen) atoms. The van der Waals surface area contributed by atoms with Crippen molar-refractivity contribution in [2.24, 2.45) is 0 Å². The molecule has 0 bridgehead atoms. The van der Waals surface area contributed by atoms with Gasteiger partial charge in [-0.1, -0.05) is 0 Å². The van der Waals surface area contributed by atoms with Crippen LogP contribution in [-0.4, -0.2) is 0 Å². The molecule has 2 nitrogen and oxygen atoms in total. The fourth-order valence-electron chi connectivity index (χ4n) is 1.24. The van der Waals surface area contributed by atoms with Crippen molar-refractivity contribution >= 4 is 44.7 Å². The summed E-state index contributed by atoms with van der Waals surface area (Å²) in [6.45, 7) is 0. The lowest BCUT2D eigenvalue weighted by Gasteiger charge is -1.87. The van der Waals surface area contributed by atoms with Crippen molar-refractivity contribution in [3.05, 3.63) is 38.5 Å². The Kier molecular flexibility index (Phi) is 3.75. The molecule has 2 aromatic heterocycles. The molecule has 0 aliphatic heterocycles. The van der Waals surface area contributed by atoms with Crippen molar-refractivity contribution in [3.8, 4) is 21.9 Å². The van der Waals surface area contributed by atoms with Crippen molar-refractivity contribution in [2.75, 3.05) is 0 Å². The molecule has 0 atom stereocenters. The average Bonchev–Trinajstić information content (AvgIpc) is 2.94. The van der Waals surface area contributed by atoms with E-state index < -0.39 is 0 Å². The molecule has 2 heterocycles. The zero-order valence-electron chi connectivity index (χ0n) is 8.48. The molecule has 0 aliphatic rings. The van der Waals surface area contributed by atoms with Gasteiger partial charge in [0.1, 0.15) is 17.7 Å². The van der Waals surface area contributed by atoms with Crippen LogP contribution in [0.15, 0.2) is 33.6 Å². The van der Waals surface area contributed by atoms with E-state index in [0.29, 0.717) is 0 Å². The summed E-state index contributed by atoms with van der Waals surface area (Å²) in [7, 11) is 0. The number of hydrogen-bond donors (Lipinski definition) is 0. The van der Waals surface area contributed by atoms with Gasteiger partial charge in [0.15, 0.2) is 0 Å². The average molecular weight is 321 g/mol. The van der Waals surface area contributed by atoms with Crippen molar-refractivity contribution in [1.29, 1.82) is 10.5 Å². The maximum Gasteiger partial charge on any atom is 0.131 e. The molecular formula is C12H5BrN2S2. The number of nitriles is 2. The third-order valence-corrected chi connectivity index (χ3v) is 4.82. The van der Waals surface area contributed by atoms with Crippen LogP contribution >= 0.6 is 38.6 Å². The van der Waals surface area contributed by atoms with Crippen LogP contribution < -0.4 is 0 Å². The summed E-state index contributed by atoms with van der Waals surface area (Å²) in [5.41, 5.74) is 0.130. The van der Waals surface area contributed by atoms with E-state index in [1.165, 1.54) is 4.88 Å². The second-order valence-electron chi connectivity index (χ2n) is 3.09. The third-order valence-electron chi connectivity index (χ3n) is 1.97. The fourth-order valence-corrected chi connectivity index (χ4v) is 3.67. The molecule has 0 aromatic carbocycles. The lowest BCUT2D eigenvalue weighted by atomic mass is 10.3. The van der Waals surface area contributed by atoms with Crippen molar-refractivity contribution < 1.29 is 0 Å². The minimum atomic E-state index is 0.130. The zero-order chi connectivity index (χ0) is 12.3. The van der Waals surface area contributed by atoms with Crippen LogP contribution in [0.5, 0.6) is 0 Å². The Hall–Kier alpha value is -1.40. The maximum atomic E-state index is 8.67. The number of hydrogen-bond acceptors (Lipinski definition) is 4. The van der Waals surface area contributed by atoms with Gasteiger partial charge < -0.3 is 0 Å². The van der Waals surface area contributed by atoms with Gasteiger partial charge in [-0.2, -0.15) is 10.5 Å². The van der Waals surface area contributed by atoms with E-state index in [1.807, 2.05) is 36.4 Å². The number of thiophene rings is 2. The van der Waals surface area contributed by atoms with E-state index in [-0.39, 0.29) is 5.57 Å². The van der Waals surface area contributed by atoms with Crippen molar-refractivity contribution in [1.82, 2.24) is 0 Å². The predicted octanol–water partition coefficient (Wildman–Crippen LogP) is 4.67. The van der Waals surface area contributed by atoms with Gasteiger partial charge in [-0.05, 0) is 46.3 Å². The van der Waals surface area contributed by atoms with Crippen LogP contribution in [0.3, 0.4) is 0 Å². The van der Waals surface area contributed by atoms with E-state index in [9.17, 15) is 0 Å². The molecule has 0 unspecified atom stereocenters. The lowest BCUT2D eigenvalue weighted by Crippen LogP contribution is -1.68. The third kappa shape index (κ3) is 2.83. The normalized spacial score (nSPS) is 9.35. The summed E-state index contributed by atoms with van der Waals surface area (Å²) in [5, 5.41) is 17.3. The van der Waals surface area contributed by atoms with E-state index >= 15 is 0 Å². The smallest absolute Gasteiger partial charge is 0.131 e. The van der Waals surface area contributed by atoms with Gasteiger partial charge in [0.05, 0.1) is 3.79 Å². The molecular weight excluding hydrogens is 316 g/mol. The highest BCUT2D eigenvalue weighted by atomic mass is 79.9. The van der Waals surface area contributed by atoms with Gasteiger partial charge in [0.2, 0.25) is 0 Å².